The second-order valence-electron chi connectivity index (χ2n) is 7.14. The molecule has 2 N–H and O–H groups in total. The third-order valence-electron chi connectivity index (χ3n) is 3.99. The quantitative estimate of drug-likeness (QED) is 0.816. The van der Waals surface area contributed by atoms with Crippen molar-refractivity contribution in [1.82, 2.24) is 4.90 Å². The first-order chi connectivity index (χ1) is 13.8. The Kier molecular flexibility index (Phi) is 7.52. The van der Waals surface area contributed by atoms with E-state index in [0.29, 0.717) is 11.3 Å². The number of alkyl halides is 1. The van der Waals surface area contributed by atoms with Crippen LogP contribution in [0.1, 0.15) is 50.7 Å². The normalized spacial score (nSPS) is 22.4. The molecule has 2 amide bonds. The zero-order chi connectivity index (χ0) is 23.2. The van der Waals surface area contributed by atoms with Gasteiger partial charge in [-0.3, -0.25) is 9.59 Å². The van der Waals surface area contributed by atoms with Crippen LogP contribution in [0.25, 0.3) is 0 Å². The van der Waals surface area contributed by atoms with Gasteiger partial charge in [-0.15, -0.1) is 0 Å². The number of amides is 2. The van der Waals surface area contributed by atoms with E-state index in [0.717, 1.165) is 0 Å². The van der Waals surface area contributed by atoms with Gasteiger partial charge in [-0.1, -0.05) is 53.1 Å². The van der Waals surface area contributed by atoms with Crippen molar-refractivity contribution in [2.75, 3.05) is 18.4 Å². The molecule has 1 aromatic rings. The molecule has 1 heterocycles. The van der Waals surface area contributed by atoms with Gasteiger partial charge in [0.25, 0.3) is 0 Å². The maximum atomic E-state index is 12.7. The first-order valence-corrected chi connectivity index (χ1v) is 9.21. The number of aliphatic hydroxyl groups excluding tert-OH is 1. The van der Waals surface area contributed by atoms with Crippen LogP contribution in [-0.4, -0.2) is 47.2 Å². The number of anilines is 1. The van der Waals surface area contributed by atoms with Crippen LogP contribution < -0.4 is 5.32 Å². The number of carbonyl (C=O) groups excluding carboxylic acids is 2. The average molecular weight is 386 g/mol. The molecule has 0 saturated carbocycles. The van der Waals surface area contributed by atoms with Crippen molar-refractivity contribution in [3.05, 3.63) is 29.8 Å². The molecule has 0 aliphatic carbocycles. The molecule has 0 aromatic heterocycles. The molecule has 1 aliphatic rings. The van der Waals surface area contributed by atoms with Crippen LogP contribution in [0.5, 0.6) is 0 Å². The van der Waals surface area contributed by atoms with Gasteiger partial charge in [-0.05, 0) is 24.1 Å². The smallest absolute Gasteiger partial charge is 0.226 e. The van der Waals surface area contributed by atoms with Crippen LogP contribution in [0.3, 0.4) is 0 Å². The number of aliphatic hydroxyl groups is 1. The van der Waals surface area contributed by atoms with E-state index in [1.54, 1.807) is 52.0 Å². The van der Waals surface area contributed by atoms with E-state index < -0.39 is 25.0 Å². The largest absolute Gasteiger partial charge is 0.388 e. The summed E-state index contributed by atoms with van der Waals surface area (Å²) in [5, 5.41) is 11.8. The highest BCUT2D eigenvalue weighted by Gasteiger charge is 2.34. The van der Waals surface area contributed by atoms with E-state index in [2.05, 4.69) is 5.32 Å². The topological polar surface area (TPSA) is 69.6 Å². The molecule has 2 rings (SSSR count). The molecule has 0 radical (unpaired) electrons. The minimum atomic E-state index is -1.72. The van der Waals surface area contributed by atoms with Crippen LogP contribution in [0.4, 0.5) is 10.1 Å². The van der Waals surface area contributed by atoms with Gasteiger partial charge in [0.05, 0.1) is 6.54 Å². The number of β-amino-alcohol motifs (C(OH)–C–C–N with tert-alkyl or cyclic N) is 1. The van der Waals surface area contributed by atoms with Crippen LogP contribution >= 0.6 is 0 Å². The number of hydrogen-bond donors (Lipinski definition) is 2. The summed E-state index contributed by atoms with van der Waals surface area (Å²) in [5.74, 6) is -0.441. The Bertz CT molecular complexity index is 719. The highest BCUT2D eigenvalue weighted by molar-refractivity contribution is 5.92. The first-order valence-electron chi connectivity index (χ1n) is 10.8. The van der Waals surface area contributed by atoms with Crippen molar-refractivity contribution in [3.8, 4) is 0 Å². The summed E-state index contributed by atoms with van der Waals surface area (Å²) < 4.78 is 36.0. The third kappa shape index (κ3) is 7.67. The standard InChI is InChI=1S/C13H19NO.C8H14FNO2/c1-4-6-11-7-5-8-12(9-11)14-13(15)10(2)3;1-5(2)8(12)10-3-6(9)7(11)4-10/h5,7-10H,4,6H2,1-3H3,(H,14,15);5-7,11H,3-4H2,1-2H3/t;6-,7-/m.1/s1/i4T,6T2;9-1. The number of hydrogen-bond acceptors (Lipinski definition) is 3. The summed E-state index contributed by atoms with van der Waals surface area (Å²) in [6.07, 6.45) is -4.85. The number of likely N-dealkylation sites (tertiary alicyclic amines) is 1. The Hall–Kier alpha value is -1.95. The van der Waals surface area contributed by atoms with E-state index in [-0.39, 0.29) is 36.7 Å². The summed E-state index contributed by atoms with van der Waals surface area (Å²) in [7, 11) is 0. The summed E-state index contributed by atoms with van der Waals surface area (Å²) in [5.41, 5.74) is 0.974. The Morgan fingerprint density at radius 1 is 1.30 bits per heavy atom. The fourth-order valence-electron chi connectivity index (χ4n) is 2.43. The number of halogens is 1. The molecular formula is C21H33FN2O3. The molecule has 6 heteroatoms. The van der Waals surface area contributed by atoms with Gasteiger partial charge in [-0.25, -0.2) is 4.39 Å². The minimum Gasteiger partial charge on any atom is -0.388 e. The number of benzene rings is 1. The maximum Gasteiger partial charge on any atom is 0.226 e. The van der Waals surface area contributed by atoms with Crippen molar-refractivity contribution in [2.24, 2.45) is 11.8 Å². The van der Waals surface area contributed by atoms with Gasteiger partial charge >= 0.3 is 0 Å². The van der Waals surface area contributed by atoms with E-state index in [9.17, 15) is 14.0 Å². The predicted molar refractivity (Wildman–Crippen MR) is 106 cm³/mol. The zero-order valence-electron chi connectivity index (χ0n) is 19.7. The fourth-order valence-corrected chi connectivity index (χ4v) is 2.43. The minimum absolute atomic E-state index is 0.0399. The molecule has 0 bridgehead atoms. The Labute approximate surface area is 166 Å². The molecule has 1 aliphatic heterocycles. The third-order valence-corrected chi connectivity index (χ3v) is 3.99. The zero-order valence-corrected chi connectivity index (χ0v) is 16.7. The second-order valence-corrected chi connectivity index (χ2v) is 7.14. The van der Waals surface area contributed by atoms with Crippen molar-refractivity contribution in [1.29, 1.82) is 0 Å². The van der Waals surface area contributed by atoms with Crippen molar-refractivity contribution >= 4 is 17.5 Å². The number of nitrogens with zero attached hydrogens (tertiary/aromatic N) is 1. The molecule has 1 aromatic carbocycles. The maximum absolute atomic E-state index is 12.7. The molecule has 5 nitrogen and oxygen atoms in total. The lowest BCUT2D eigenvalue weighted by Gasteiger charge is -2.17. The molecule has 1 unspecified atom stereocenters. The summed E-state index contributed by atoms with van der Waals surface area (Å²) in [4.78, 5) is 24.2. The molecular weight excluding hydrogens is 346 g/mol. The summed E-state index contributed by atoms with van der Waals surface area (Å²) >= 11 is 0. The van der Waals surface area contributed by atoms with E-state index in [1.807, 2.05) is 0 Å². The average Bonchev–Trinajstić information content (AvgIpc) is 3.00. The van der Waals surface area contributed by atoms with Crippen LogP contribution in [-0.2, 0) is 16.0 Å². The molecule has 3 atom stereocenters. The van der Waals surface area contributed by atoms with E-state index >= 15 is 0 Å². The molecule has 1 saturated heterocycles. The Morgan fingerprint density at radius 2 is 1.96 bits per heavy atom. The Balaban J connectivity index is 0.000000325. The van der Waals surface area contributed by atoms with Gasteiger partial charge in [0.15, 0.2) is 0 Å². The van der Waals surface area contributed by atoms with Gasteiger partial charge < -0.3 is 15.3 Å². The number of carbonyl (C=O) groups is 2. The Morgan fingerprint density at radius 3 is 2.44 bits per heavy atom. The van der Waals surface area contributed by atoms with Gasteiger partial charge in [0, 0.05) is 28.2 Å². The first kappa shape index (κ1) is 18.4. The lowest BCUT2D eigenvalue weighted by Crippen LogP contribution is -2.32. The molecule has 152 valence electrons. The second kappa shape index (κ2) is 11.0. The van der Waals surface area contributed by atoms with Gasteiger partial charge in [0.2, 0.25) is 11.8 Å². The monoisotopic (exact) mass is 385 g/mol. The summed E-state index contributed by atoms with van der Waals surface area (Å²) in [6.45, 7) is 8.81. The molecule has 27 heavy (non-hydrogen) atoms. The lowest BCUT2D eigenvalue weighted by atomic mass is 10.1. The molecule has 0 spiro atoms. The van der Waals surface area contributed by atoms with E-state index in [4.69, 9.17) is 9.22 Å². The highest BCUT2D eigenvalue weighted by Crippen LogP contribution is 2.15. The highest BCUT2D eigenvalue weighted by atomic mass is 18.2. The van der Waals surface area contributed by atoms with E-state index in [1.165, 1.54) is 11.8 Å². The molecule has 1 fully saturated rings. The number of aryl methyl sites for hydroxylation is 1. The van der Waals surface area contributed by atoms with Crippen LogP contribution in [0.2, 0.25) is 0 Å². The predicted octanol–water partition coefficient (Wildman–Crippen LogP) is 3.42. The van der Waals surface area contributed by atoms with Crippen LogP contribution in [0, 0.1) is 11.8 Å². The van der Waals surface area contributed by atoms with Crippen molar-refractivity contribution in [2.45, 2.75) is 59.7 Å². The number of rotatable bonds is 5. The van der Waals surface area contributed by atoms with Crippen LogP contribution in [0.15, 0.2) is 24.3 Å². The summed E-state index contributed by atoms with van der Waals surface area (Å²) in [6, 6.07) is 6.63. The van der Waals surface area contributed by atoms with Crippen molar-refractivity contribution < 1.29 is 23.2 Å². The van der Waals surface area contributed by atoms with Crippen molar-refractivity contribution in [3.63, 3.8) is 0 Å². The fraction of sp³-hybridized carbons (Fsp3) is 0.619. The SMILES string of the molecule is CC(C)C(=O)N1C[C@@H](O)[C@H]([18F])C1.[3H]C(C)C([3H])([3H])c1cccc(NC(=O)C(C)C)c1. The van der Waals surface area contributed by atoms with Gasteiger partial charge in [-0.2, -0.15) is 0 Å². The number of nitrogens with one attached hydrogen (secondary N) is 1. The van der Waals surface area contributed by atoms with Gasteiger partial charge in [0.1, 0.15) is 12.3 Å². The lowest BCUT2D eigenvalue weighted by molar-refractivity contribution is -0.133.